The van der Waals surface area contributed by atoms with E-state index in [1.165, 1.54) is 30.1 Å². The van der Waals surface area contributed by atoms with Gasteiger partial charge in [0.1, 0.15) is 0 Å². The zero-order chi connectivity index (χ0) is 19.6. The predicted molar refractivity (Wildman–Crippen MR) is 110 cm³/mol. The van der Waals surface area contributed by atoms with E-state index in [4.69, 9.17) is 0 Å². The third-order valence-corrected chi connectivity index (χ3v) is 4.84. The molecule has 0 heterocycles. The first-order valence-electron chi connectivity index (χ1n) is 8.58. The molecule has 2 aromatic rings. The number of hydrogen-bond acceptors (Lipinski definition) is 6. The Morgan fingerprint density at radius 1 is 1.22 bits per heavy atom. The van der Waals surface area contributed by atoms with Gasteiger partial charge < -0.3 is 4.90 Å². The number of nitrogens with one attached hydrogen (secondary N) is 1. The third kappa shape index (κ3) is 6.10. The van der Waals surface area contributed by atoms with E-state index in [0.29, 0.717) is 5.56 Å². The van der Waals surface area contributed by atoms with Crippen LogP contribution in [-0.4, -0.2) is 35.9 Å². The fourth-order valence-corrected chi connectivity index (χ4v) is 3.19. The van der Waals surface area contributed by atoms with E-state index in [2.05, 4.69) is 15.4 Å². The molecule has 0 aliphatic carbocycles. The van der Waals surface area contributed by atoms with Crippen LogP contribution in [0.4, 0.5) is 11.4 Å². The van der Waals surface area contributed by atoms with Crippen molar-refractivity contribution in [2.75, 3.05) is 23.7 Å². The summed E-state index contributed by atoms with van der Waals surface area (Å²) in [7, 11) is 0. The summed E-state index contributed by atoms with van der Waals surface area (Å²) < 4.78 is 0. The van der Waals surface area contributed by atoms with Gasteiger partial charge in [-0.2, -0.15) is 5.10 Å². The SMILES string of the molecule is CCN(CC)c1ccc([N+](=O)[O-])cc1/C=N\NC(=O)CSc1ccccc1. The highest BCUT2D eigenvalue weighted by molar-refractivity contribution is 8.00. The summed E-state index contributed by atoms with van der Waals surface area (Å²) in [5.41, 5.74) is 3.88. The average molecular weight is 386 g/mol. The van der Waals surface area contributed by atoms with Gasteiger partial charge in [0.05, 0.1) is 16.9 Å². The Labute approximate surface area is 162 Å². The van der Waals surface area contributed by atoms with Crippen molar-refractivity contribution < 1.29 is 9.72 Å². The lowest BCUT2D eigenvalue weighted by molar-refractivity contribution is -0.384. The Bertz CT molecular complexity index is 808. The van der Waals surface area contributed by atoms with Crippen molar-refractivity contribution in [3.8, 4) is 0 Å². The lowest BCUT2D eigenvalue weighted by Gasteiger charge is -2.22. The minimum absolute atomic E-state index is 0.0154. The van der Waals surface area contributed by atoms with Gasteiger partial charge in [0, 0.05) is 41.4 Å². The molecule has 0 aromatic heterocycles. The van der Waals surface area contributed by atoms with Gasteiger partial charge in [-0.3, -0.25) is 14.9 Å². The fourth-order valence-electron chi connectivity index (χ4n) is 2.48. The standard InChI is InChI=1S/C19H22N4O3S/c1-3-22(4-2)18-11-10-16(23(25)26)12-15(18)13-20-21-19(24)14-27-17-8-6-5-7-9-17/h5-13H,3-4,14H2,1-2H3,(H,21,24)/b20-13-. The van der Waals surface area contributed by atoms with Crippen molar-refractivity contribution in [3.05, 3.63) is 64.2 Å². The summed E-state index contributed by atoms with van der Waals surface area (Å²) >= 11 is 1.41. The summed E-state index contributed by atoms with van der Waals surface area (Å²) in [5, 5.41) is 15.0. The van der Waals surface area contributed by atoms with Crippen LogP contribution in [0.1, 0.15) is 19.4 Å². The molecular weight excluding hydrogens is 364 g/mol. The van der Waals surface area contributed by atoms with E-state index in [0.717, 1.165) is 23.7 Å². The summed E-state index contributed by atoms with van der Waals surface area (Å²) in [6, 6.07) is 14.2. The second kappa shape index (κ2) is 10.3. The molecule has 0 unspecified atom stereocenters. The Hall–Kier alpha value is -2.87. The molecule has 2 aromatic carbocycles. The van der Waals surface area contributed by atoms with E-state index in [9.17, 15) is 14.9 Å². The summed E-state index contributed by atoms with van der Waals surface area (Å²) in [4.78, 5) is 25.6. The van der Waals surface area contributed by atoms with E-state index in [1.807, 2.05) is 44.2 Å². The van der Waals surface area contributed by atoms with Gasteiger partial charge in [-0.15, -0.1) is 11.8 Å². The number of carbonyl (C=O) groups is 1. The van der Waals surface area contributed by atoms with Crippen LogP contribution in [0, 0.1) is 10.1 Å². The summed E-state index contributed by atoms with van der Waals surface area (Å²) in [6.45, 7) is 5.54. The van der Waals surface area contributed by atoms with Gasteiger partial charge in [0.15, 0.2) is 0 Å². The topological polar surface area (TPSA) is 87.8 Å². The first kappa shape index (κ1) is 20.4. The number of hydrazone groups is 1. The van der Waals surface area contributed by atoms with Crippen molar-refractivity contribution in [1.82, 2.24) is 5.43 Å². The lowest BCUT2D eigenvalue weighted by Crippen LogP contribution is -2.23. The number of nitro groups is 1. The Balaban J connectivity index is 2.06. The third-order valence-electron chi connectivity index (χ3n) is 3.83. The molecule has 0 saturated carbocycles. The first-order valence-corrected chi connectivity index (χ1v) is 9.56. The predicted octanol–water partition coefficient (Wildman–Crippen LogP) is 3.68. The number of non-ortho nitro benzene ring substituents is 1. The smallest absolute Gasteiger partial charge is 0.270 e. The van der Waals surface area contributed by atoms with Crippen LogP contribution in [0.5, 0.6) is 0 Å². The maximum Gasteiger partial charge on any atom is 0.270 e. The molecule has 7 nitrogen and oxygen atoms in total. The lowest BCUT2D eigenvalue weighted by atomic mass is 10.1. The minimum Gasteiger partial charge on any atom is -0.372 e. The molecule has 27 heavy (non-hydrogen) atoms. The van der Waals surface area contributed by atoms with Gasteiger partial charge in [0.2, 0.25) is 5.91 Å². The van der Waals surface area contributed by atoms with Crippen molar-refractivity contribution in [1.29, 1.82) is 0 Å². The maximum absolute atomic E-state index is 11.9. The van der Waals surface area contributed by atoms with Crippen LogP contribution < -0.4 is 10.3 Å². The minimum atomic E-state index is -0.446. The molecule has 0 saturated heterocycles. The normalized spacial score (nSPS) is 10.7. The number of nitro benzene ring substituents is 1. The van der Waals surface area contributed by atoms with Gasteiger partial charge in [-0.1, -0.05) is 18.2 Å². The molecule has 0 spiro atoms. The molecule has 0 aliphatic heterocycles. The first-order chi connectivity index (χ1) is 13.0. The number of rotatable bonds is 9. The molecule has 0 bridgehead atoms. The van der Waals surface area contributed by atoms with Crippen molar-refractivity contribution in [2.24, 2.45) is 5.10 Å². The van der Waals surface area contributed by atoms with Crippen LogP contribution in [0.15, 0.2) is 58.5 Å². The monoisotopic (exact) mass is 386 g/mol. The van der Waals surface area contributed by atoms with Crippen LogP contribution in [0.25, 0.3) is 0 Å². The van der Waals surface area contributed by atoms with Gasteiger partial charge in [-0.05, 0) is 32.0 Å². The highest BCUT2D eigenvalue weighted by atomic mass is 32.2. The summed E-state index contributed by atoms with van der Waals surface area (Å²) in [5.74, 6) is -0.00550. The van der Waals surface area contributed by atoms with E-state index in [1.54, 1.807) is 6.07 Å². The van der Waals surface area contributed by atoms with E-state index >= 15 is 0 Å². The van der Waals surface area contributed by atoms with Crippen molar-refractivity contribution in [3.63, 3.8) is 0 Å². The number of amides is 1. The number of hydrogen-bond donors (Lipinski definition) is 1. The Kier molecular flexibility index (Phi) is 7.81. The molecule has 2 rings (SSSR count). The van der Waals surface area contributed by atoms with Crippen molar-refractivity contribution >= 4 is 35.3 Å². The highest BCUT2D eigenvalue weighted by Crippen LogP contribution is 2.24. The number of nitrogens with zero attached hydrogens (tertiary/aromatic N) is 3. The molecular formula is C19H22N4O3S. The average Bonchev–Trinajstić information content (AvgIpc) is 2.69. The quantitative estimate of drug-likeness (QED) is 0.307. The second-order valence-electron chi connectivity index (χ2n) is 5.57. The second-order valence-corrected chi connectivity index (χ2v) is 6.62. The molecule has 0 aliphatic rings. The van der Waals surface area contributed by atoms with Crippen LogP contribution in [-0.2, 0) is 4.79 Å². The number of anilines is 1. The number of thioether (sulfide) groups is 1. The van der Waals surface area contributed by atoms with Gasteiger partial charge >= 0.3 is 0 Å². The zero-order valence-electron chi connectivity index (χ0n) is 15.3. The largest absolute Gasteiger partial charge is 0.372 e. The van der Waals surface area contributed by atoms with E-state index < -0.39 is 4.92 Å². The highest BCUT2D eigenvalue weighted by Gasteiger charge is 2.13. The molecule has 0 atom stereocenters. The molecule has 8 heteroatoms. The van der Waals surface area contributed by atoms with E-state index in [-0.39, 0.29) is 17.3 Å². The molecule has 1 N–H and O–H groups in total. The summed E-state index contributed by atoms with van der Waals surface area (Å²) in [6.07, 6.45) is 1.45. The van der Waals surface area contributed by atoms with Gasteiger partial charge in [0.25, 0.3) is 5.69 Å². The Morgan fingerprint density at radius 3 is 2.56 bits per heavy atom. The molecule has 0 radical (unpaired) electrons. The zero-order valence-corrected chi connectivity index (χ0v) is 16.1. The van der Waals surface area contributed by atoms with Crippen molar-refractivity contribution in [2.45, 2.75) is 18.7 Å². The Morgan fingerprint density at radius 2 is 1.93 bits per heavy atom. The fraction of sp³-hybridized carbons (Fsp3) is 0.263. The van der Waals surface area contributed by atoms with Crippen LogP contribution in [0.3, 0.4) is 0 Å². The van der Waals surface area contributed by atoms with Gasteiger partial charge in [-0.25, -0.2) is 5.43 Å². The number of benzene rings is 2. The molecule has 0 fully saturated rings. The van der Waals surface area contributed by atoms with Crippen LogP contribution >= 0.6 is 11.8 Å². The number of carbonyl (C=O) groups excluding carboxylic acids is 1. The maximum atomic E-state index is 11.9. The molecule has 1 amide bonds. The molecule has 142 valence electrons. The van der Waals surface area contributed by atoms with Crippen LogP contribution in [0.2, 0.25) is 0 Å².